The van der Waals surface area contributed by atoms with Crippen LogP contribution < -0.4 is 15.8 Å². The van der Waals surface area contributed by atoms with E-state index in [1.807, 2.05) is 42.5 Å². The summed E-state index contributed by atoms with van der Waals surface area (Å²) in [5.74, 6) is 1.16. The second kappa shape index (κ2) is 8.22. The fraction of sp³-hybridized carbons (Fsp3) is 0.217. The number of hydrogen-bond donors (Lipinski definition) is 2. The number of aryl methyl sites for hydroxylation is 1. The summed E-state index contributed by atoms with van der Waals surface area (Å²) in [7, 11) is 0. The second-order valence-electron chi connectivity index (χ2n) is 7.06. The van der Waals surface area contributed by atoms with Gasteiger partial charge in [0.05, 0.1) is 12.8 Å². The van der Waals surface area contributed by atoms with E-state index in [9.17, 15) is 9.59 Å². The van der Waals surface area contributed by atoms with E-state index in [0.29, 0.717) is 24.9 Å². The first-order valence-corrected chi connectivity index (χ1v) is 9.58. The van der Waals surface area contributed by atoms with Crippen molar-refractivity contribution in [3.05, 3.63) is 77.7 Å². The number of nitrogens with two attached hydrogens (primary N) is 1. The van der Waals surface area contributed by atoms with Crippen molar-refractivity contribution in [2.24, 2.45) is 5.73 Å². The number of benzene rings is 2. The molecule has 2 aromatic carbocycles. The molecule has 29 heavy (non-hydrogen) atoms. The van der Waals surface area contributed by atoms with Crippen molar-refractivity contribution in [3.8, 4) is 16.9 Å². The number of furan rings is 1. The molecule has 3 N–H and O–H groups in total. The van der Waals surface area contributed by atoms with E-state index in [1.54, 1.807) is 18.4 Å². The van der Waals surface area contributed by atoms with E-state index in [2.05, 4.69) is 5.32 Å². The van der Waals surface area contributed by atoms with Crippen molar-refractivity contribution in [1.82, 2.24) is 5.32 Å². The van der Waals surface area contributed by atoms with Crippen molar-refractivity contribution < 1.29 is 18.7 Å². The zero-order chi connectivity index (χ0) is 20.2. The summed E-state index contributed by atoms with van der Waals surface area (Å²) < 4.78 is 11.4. The smallest absolute Gasteiger partial charge is 0.248 e. The molecule has 1 aliphatic heterocycles. The molecule has 0 fully saturated rings. The van der Waals surface area contributed by atoms with Crippen LogP contribution in [0.1, 0.15) is 28.1 Å². The number of carbonyl (C=O) groups is 2. The van der Waals surface area contributed by atoms with Gasteiger partial charge in [-0.15, -0.1) is 0 Å². The van der Waals surface area contributed by atoms with Gasteiger partial charge in [-0.3, -0.25) is 9.59 Å². The first-order chi connectivity index (χ1) is 14.1. The first kappa shape index (κ1) is 18.8. The lowest BCUT2D eigenvalue weighted by Gasteiger charge is -2.13. The summed E-state index contributed by atoms with van der Waals surface area (Å²) in [5.41, 5.74) is 8.81. The van der Waals surface area contributed by atoms with Crippen molar-refractivity contribution in [1.29, 1.82) is 0 Å². The van der Waals surface area contributed by atoms with Crippen LogP contribution in [0, 0.1) is 0 Å². The molecule has 6 heteroatoms. The van der Waals surface area contributed by atoms with E-state index in [4.69, 9.17) is 14.9 Å². The molecule has 0 aliphatic carbocycles. The monoisotopic (exact) mass is 390 g/mol. The number of carbonyl (C=O) groups excluding carboxylic acids is 2. The van der Waals surface area contributed by atoms with Crippen molar-refractivity contribution in [2.75, 3.05) is 6.54 Å². The molecule has 1 unspecified atom stereocenters. The molecule has 2 heterocycles. The topological polar surface area (TPSA) is 94.6 Å². The Labute approximate surface area is 168 Å². The van der Waals surface area contributed by atoms with Gasteiger partial charge in [0.1, 0.15) is 17.6 Å². The van der Waals surface area contributed by atoms with Gasteiger partial charge in [-0.25, -0.2) is 0 Å². The molecule has 0 saturated heterocycles. The zero-order valence-corrected chi connectivity index (χ0v) is 15.9. The molecule has 6 nitrogen and oxygen atoms in total. The molecule has 148 valence electrons. The minimum Gasteiger partial charge on any atom is -0.487 e. The maximum Gasteiger partial charge on any atom is 0.248 e. The highest BCUT2D eigenvalue weighted by Crippen LogP contribution is 2.38. The molecule has 0 radical (unpaired) electrons. The lowest BCUT2D eigenvalue weighted by atomic mass is 9.99. The zero-order valence-electron chi connectivity index (χ0n) is 15.9. The third kappa shape index (κ3) is 4.32. The van der Waals surface area contributed by atoms with Gasteiger partial charge in [0.15, 0.2) is 0 Å². The maximum absolute atomic E-state index is 12.1. The molecule has 1 atom stereocenters. The number of primary amides is 1. The fourth-order valence-electron chi connectivity index (χ4n) is 3.50. The predicted molar refractivity (Wildman–Crippen MR) is 109 cm³/mol. The van der Waals surface area contributed by atoms with E-state index in [0.717, 1.165) is 34.6 Å². The minimum atomic E-state index is -0.450. The molecule has 0 bridgehead atoms. The van der Waals surface area contributed by atoms with Crippen LogP contribution >= 0.6 is 0 Å². The number of ether oxygens (including phenoxy) is 1. The first-order valence-electron chi connectivity index (χ1n) is 9.58. The molecule has 3 aromatic rings. The number of amides is 2. The molecule has 0 saturated carbocycles. The Morgan fingerprint density at radius 2 is 1.90 bits per heavy atom. The molecule has 1 aromatic heterocycles. The van der Waals surface area contributed by atoms with Gasteiger partial charge in [0, 0.05) is 30.4 Å². The third-order valence-electron chi connectivity index (χ3n) is 5.01. The van der Waals surface area contributed by atoms with Crippen LogP contribution in [0.25, 0.3) is 11.1 Å². The summed E-state index contributed by atoms with van der Waals surface area (Å²) in [5, 5.41) is 2.94. The molecular weight excluding hydrogens is 368 g/mol. The van der Waals surface area contributed by atoms with E-state index < -0.39 is 5.91 Å². The van der Waals surface area contributed by atoms with Gasteiger partial charge in [-0.2, -0.15) is 0 Å². The van der Waals surface area contributed by atoms with Gasteiger partial charge in [-0.05, 0) is 35.4 Å². The van der Waals surface area contributed by atoms with Crippen LogP contribution in [-0.2, 0) is 17.6 Å². The highest BCUT2D eigenvalue weighted by molar-refractivity contribution is 5.93. The number of nitrogens with one attached hydrogen (secondary N) is 1. The number of fused-ring (bicyclic) bond motifs is 1. The lowest BCUT2D eigenvalue weighted by Crippen LogP contribution is -2.34. The van der Waals surface area contributed by atoms with Crippen molar-refractivity contribution in [2.45, 2.75) is 25.4 Å². The van der Waals surface area contributed by atoms with Crippen LogP contribution in [0.2, 0.25) is 0 Å². The SMILES string of the molecule is NC(=O)c1ccc(-c2cccc3c2OC(CNC(=O)CCc2ccco2)C3)cc1. The predicted octanol–water partition coefficient (Wildman–Crippen LogP) is 3.10. The Balaban J connectivity index is 1.37. The minimum absolute atomic E-state index is 0.0248. The van der Waals surface area contributed by atoms with E-state index in [1.165, 1.54) is 0 Å². The number of hydrogen-bond acceptors (Lipinski definition) is 4. The Morgan fingerprint density at radius 3 is 2.62 bits per heavy atom. The van der Waals surface area contributed by atoms with Gasteiger partial charge >= 0.3 is 0 Å². The standard InChI is InChI=1S/C23H22N2O4/c24-23(27)16-8-6-15(7-9-16)20-5-1-3-17-13-19(29-22(17)20)14-25-21(26)11-10-18-4-2-12-28-18/h1-9,12,19H,10-11,13-14H2,(H2,24,27)(H,25,26). The van der Waals surface area contributed by atoms with Crippen molar-refractivity contribution in [3.63, 3.8) is 0 Å². The molecule has 0 spiro atoms. The van der Waals surface area contributed by atoms with Crippen LogP contribution in [-0.4, -0.2) is 24.5 Å². The normalized spacial score (nSPS) is 14.8. The Morgan fingerprint density at radius 1 is 1.07 bits per heavy atom. The van der Waals surface area contributed by atoms with Gasteiger partial charge in [0.2, 0.25) is 11.8 Å². The number of para-hydroxylation sites is 1. The molecule has 1 aliphatic rings. The Hall–Kier alpha value is -3.54. The van der Waals surface area contributed by atoms with Gasteiger partial charge in [0.25, 0.3) is 0 Å². The van der Waals surface area contributed by atoms with Gasteiger partial charge < -0.3 is 20.2 Å². The summed E-state index contributed by atoms with van der Waals surface area (Å²) in [4.78, 5) is 23.4. The molecule has 4 rings (SSSR count). The molecule has 2 amide bonds. The van der Waals surface area contributed by atoms with Crippen molar-refractivity contribution >= 4 is 11.8 Å². The Kier molecular flexibility index (Phi) is 5.33. The lowest BCUT2D eigenvalue weighted by molar-refractivity contribution is -0.121. The summed E-state index contributed by atoms with van der Waals surface area (Å²) in [6.45, 7) is 0.450. The molecular formula is C23H22N2O4. The average molecular weight is 390 g/mol. The van der Waals surface area contributed by atoms with E-state index >= 15 is 0 Å². The van der Waals surface area contributed by atoms with Crippen LogP contribution in [0.3, 0.4) is 0 Å². The number of rotatable bonds is 7. The fourth-order valence-corrected chi connectivity index (χ4v) is 3.50. The maximum atomic E-state index is 12.1. The summed E-state index contributed by atoms with van der Waals surface area (Å²) in [6, 6.07) is 16.8. The van der Waals surface area contributed by atoms with Crippen LogP contribution in [0.5, 0.6) is 5.75 Å². The summed E-state index contributed by atoms with van der Waals surface area (Å²) >= 11 is 0. The van der Waals surface area contributed by atoms with Crippen LogP contribution in [0.4, 0.5) is 0 Å². The highest BCUT2D eigenvalue weighted by Gasteiger charge is 2.26. The third-order valence-corrected chi connectivity index (χ3v) is 5.01. The second-order valence-corrected chi connectivity index (χ2v) is 7.06. The average Bonchev–Trinajstić information content (AvgIpc) is 3.40. The highest BCUT2D eigenvalue weighted by atomic mass is 16.5. The quantitative estimate of drug-likeness (QED) is 0.648. The summed E-state index contributed by atoms with van der Waals surface area (Å²) in [6.07, 6.45) is 3.20. The van der Waals surface area contributed by atoms with E-state index in [-0.39, 0.29) is 12.0 Å². The Bertz CT molecular complexity index is 1010. The largest absolute Gasteiger partial charge is 0.487 e. The van der Waals surface area contributed by atoms with Crippen LogP contribution in [0.15, 0.2) is 65.3 Å². The van der Waals surface area contributed by atoms with Gasteiger partial charge in [-0.1, -0.05) is 30.3 Å².